The molecule has 0 N–H and O–H groups in total. The number of hydrogen-bond acceptors (Lipinski definition) is 3. The molecule has 26 heavy (non-hydrogen) atoms. The molecule has 3 aromatic heterocycles. The third kappa shape index (κ3) is 2.80. The quantitative estimate of drug-likeness (QED) is 0.306. The fourth-order valence-electron chi connectivity index (χ4n) is 3.09. The van der Waals surface area contributed by atoms with E-state index < -0.39 is 0 Å². The zero-order valence-corrected chi connectivity index (χ0v) is 17.9. The lowest BCUT2D eigenvalue weighted by Crippen LogP contribution is -1.82. The van der Waals surface area contributed by atoms with Crippen LogP contribution in [0.25, 0.3) is 37.7 Å². The Morgan fingerprint density at radius 3 is 2.62 bits per heavy atom. The maximum atomic E-state index is 4.77. The summed E-state index contributed by atoms with van der Waals surface area (Å²) in [6, 6.07) is 16.5. The van der Waals surface area contributed by atoms with Crippen LogP contribution in [0.1, 0.15) is 0 Å². The topological polar surface area (TPSA) is 35.1 Å². The number of imidazole rings is 1. The molecule has 0 radical (unpaired) electrons. The van der Waals surface area contributed by atoms with Gasteiger partial charge in [-0.2, -0.15) is 5.10 Å². The molecule has 2 aromatic carbocycles. The van der Waals surface area contributed by atoms with E-state index in [1.165, 1.54) is 10.9 Å². The SMILES string of the molecule is Br.Cn1cc(-c2nn3cc(-c4ccccc4)nc3s2)c2cc(Br)ccc21. The lowest BCUT2D eigenvalue weighted by atomic mass is 10.2. The maximum absolute atomic E-state index is 4.77. The molecule has 4 nitrogen and oxygen atoms in total. The van der Waals surface area contributed by atoms with Crippen LogP contribution >= 0.6 is 44.2 Å². The van der Waals surface area contributed by atoms with Crippen molar-refractivity contribution in [1.82, 2.24) is 19.2 Å². The van der Waals surface area contributed by atoms with E-state index in [2.05, 4.69) is 64.1 Å². The van der Waals surface area contributed by atoms with Crippen molar-refractivity contribution in [3.63, 3.8) is 0 Å². The first-order chi connectivity index (χ1) is 12.2. The van der Waals surface area contributed by atoms with Gasteiger partial charge in [-0.25, -0.2) is 9.50 Å². The van der Waals surface area contributed by atoms with Gasteiger partial charge < -0.3 is 4.57 Å². The largest absolute Gasteiger partial charge is 0.350 e. The summed E-state index contributed by atoms with van der Waals surface area (Å²) >= 11 is 5.18. The van der Waals surface area contributed by atoms with E-state index in [4.69, 9.17) is 10.1 Å². The molecular weight excluding hydrogens is 476 g/mol. The Morgan fingerprint density at radius 2 is 1.85 bits per heavy atom. The Morgan fingerprint density at radius 1 is 1.04 bits per heavy atom. The Bertz CT molecular complexity index is 1190. The van der Waals surface area contributed by atoms with E-state index in [1.807, 2.05) is 28.9 Å². The zero-order valence-electron chi connectivity index (χ0n) is 13.8. The first-order valence-corrected chi connectivity index (χ1v) is 9.46. The molecule has 0 aliphatic carbocycles. The van der Waals surface area contributed by atoms with Gasteiger partial charge in [0.1, 0.15) is 5.01 Å². The molecule has 0 atom stereocenters. The summed E-state index contributed by atoms with van der Waals surface area (Å²) in [5.74, 6) is 0. The minimum Gasteiger partial charge on any atom is -0.350 e. The van der Waals surface area contributed by atoms with Gasteiger partial charge in [0.15, 0.2) is 0 Å². The molecule has 7 heteroatoms. The van der Waals surface area contributed by atoms with Crippen molar-refractivity contribution in [3.8, 4) is 21.8 Å². The molecule has 5 aromatic rings. The number of rotatable bonds is 2. The third-order valence-electron chi connectivity index (χ3n) is 4.29. The molecule has 0 unspecified atom stereocenters. The summed E-state index contributed by atoms with van der Waals surface area (Å²) in [6.07, 6.45) is 4.12. The van der Waals surface area contributed by atoms with Crippen LogP contribution in [0.2, 0.25) is 0 Å². The normalized spacial score (nSPS) is 11.2. The Labute approximate surface area is 173 Å². The standard InChI is InChI=1S/C19H13BrN4S.BrH/c1-23-10-15(14-9-13(20)7-8-17(14)23)18-22-24-11-16(21-19(24)25-18)12-5-3-2-4-6-12;/h2-11H,1H3;1H. The molecule has 0 aliphatic heterocycles. The Balaban J connectivity index is 0.00000168. The van der Waals surface area contributed by atoms with E-state index in [1.54, 1.807) is 11.3 Å². The van der Waals surface area contributed by atoms with Crippen LogP contribution in [0.4, 0.5) is 0 Å². The molecule has 0 saturated carbocycles. The third-order valence-corrected chi connectivity index (χ3v) is 5.74. The van der Waals surface area contributed by atoms with Crippen LogP contribution in [0.5, 0.6) is 0 Å². The highest BCUT2D eigenvalue weighted by Crippen LogP contribution is 2.35. The summed E-state index contributed by atoms with van der Waals surface area (Å²) in [5.41, 5.74) is 4.38. The van der Waals surface area contributed by atoms with E-state index in [-0.39, 0.29) is 17.0 Å². The predicted octanol–water partition coefficient (Wildman–Crippen LogP) is 5.96. The molecule has 3 heterocycles. The molecule has 0 saturated heterocycles. The number of aromatic nitrogens is 4. The smallest absolute Gasteiger partial charge is 0.213 e. The van der Waals surface area contributed by atoms with E-state index in [9.17, 15) is 0 Å². The van der Waals surface area contributed by atoms with Gasteiger partial charge in [0.05, 0.1) is 11.9 Å². The van der Waals surface area contributed by atoms with Gasteiger partial charge >= 0.3 is 0 Å². The molecular formula is C19H14Br2N4S. The van der Waals surface area contributed by atoms with Crippen LogP contribution < -0.4 is 0 Å². The minimum atomic E-state index is 0. The van der Waals surface area contributed by atoms with Crippen molar-refractivity contribution in [2.45, 2.75) is 0 Å². The van der Waals surface area contributed by atoms with Crippen molar-refractivity contribution < 1.29 is 0 Å². The number of hydrogen-bond donors (Lipinski definition) is 0. The van der Waals surface area contributed by atoms with Crippen molar-refractivity contribution in [2.24, 2.45) is 7.05 Å². The highest BCUT2D eigenvalue weighted by molar-refractivity contribution is 9.10. The van der Waals surface area contributed by atoms with Gasteiger partial charge in [0.2, 0.25) is 4.96 Å². The van der Waals surface area contributed by atoms with Crippen LogP contribution in [0.3, 0.4) is 0 Å². The van der Waals surface area contributed by atoms with Gasteiger partial charge in [0.25, 0.3) is 0 Å². The highest BCUT2D eigenvalue weighted by Gasteiger charge is 2.15. The predicted molar refractivity (Wildman–Crippen MR) is 116 cm³/mol. The van der Waals surface area contributed by atoms with Crippen molar-refractivity contribution >= 4 is 60.1 Å². The number of aryl methyl sites for hydroxylation is 1. The van der Waals surface area contributed by atoms with Crippen molar-refractivity contribution in [1.29, 1.82) is 0 Å². The second-order valence-corrected chi connectivity index (χ2v) is 7.81. The maximum Gasteiger partial charge on any atom is 0.213 e. The number of benzene rings is 2. The molecule has 0 bridgehead atoms. The average molecular weight is 490 g/mol. The van der Waals surface area contributed by atoms with E-state index in [0.717, 1.165) is 31.3 Å². The Kier molecular flexibility index (Phi) is 4.46. The molecule has 5 rings (SSSR count). The number of halogens is 2. The van der Waals surface area contributed by atoms with Crippen LogP contribution in [-0.2, 0) is 7.05 Å². The van der Waals surface area contributed by atoms with E-state index >= 15 is 0 Å². The molecule has 130 valence electrons. The summed E-state index contributed by atoms with van der Waals surface area (Å²) < 4.78 is 5.08. The first-order valence-electron chi connectivity index (χ1n) is 7.85. The van der Waals surface area contributed by atoms with E-state index in [0.29, 0.717) is 0 Å². The van der Waals surface area contributed by atoms with Gasteiger partial charge in [0, 0.05) is 39.7 Å². The van der Waals surface area contributed by atoms with Gasteiger partial charge in [-0.15, -0.1) is 17.0 Å². The van der Waals surface area contributed by atoms with Gasteiger partial charge in [-0.1, -0.05) is 57.6 Å². The van der Waals surface area contributed by atoms with Gasteiger partial charge in [-0.05, 0) is 18.2 Å². The van der Waals surface area contributed by atoms with Crippen molar-refractivity contribution in [3.05, 3.63) is 65.4 Å². The average Bonchev–Trinajstić information content (AvgIpc) is 3.27. The fourth-order valence-corrected chi connectivity index (χ4v) is 4.36. The number of fused-ring (bicyclic) bond motifs is 2. The molecule has 0 amide bonds. The number of nitrogens with zero attached hydrogens (tertiary/aromatic N) is 4. The second kappa shape index (κ2) is 6.64. The fraction of sp³-hybridized carbons (Fsp3) is 0.0526. The summed E-state index contributed by atoms with van der Waals surface area (Å²) in [5, 5.41) is 6.94. The first kappa shape index (κ1) is 17.5. The highest BCUT2D eigenvalue weighted by atomic mass is 79.9. The zero-order chi connectivity index (χ0) is 17.0. The second-order valence-electron chi connectivity index (χ2n) is 5.94. The Hall–Kier alpha value is -1.96. The lowest BCUT2D eigenvalue weighted by molar-refractivity contribution is 0.961. The molecule has 0 fully saturated rings. The lowest BCUT2D eigenvalue weighted by Gasteiger charge is -1.96. The molecule has 0 spiro atoms. The van der Waals surface area contributed by atoms with Gasteiger partial charge in [-0.3, -0.25) is 0 Å². The summed E-state index contributed by atoms with van der Waals surface area (Å²) in [6.45, 7) is 0. The van der Waals surface area contributed by atoms with Crippen molar-refractivity contribution in [2.75, 3.05) is 0 Å². The molecule has 0 aliphatic rings. The monoisotopic (exact) mass is 488 g/mol. The summed E-state index contributed by atoms with van der Waals surface area (Å²) in [7, 11) is 2.06. The van der Waals surface area contributed by atoms with Crippen LogP contribution in [0.15, 0.2) is 65.4 Å². The van der Waals surface area contributed by atoms with Crippen LogP contribution in [0, 0.1) is 0 Å². The minimum absolute atomic E-state index is 0. The summed E-state index contributed by atoms with van der Waals surface area (Å²) in [4.78, 5) is 5.64. The van der Waals surface area contributed by atoms with Crippen LogP contribution in [-0.4, -0.2) is 19.2 Å².